The monoisotopic (exact) mass is 531 g/mol. The van der Waals surface area contributed by atoms with Crippen LogP contribution in [0.4, 0.5) is 0 Å². The number of amides is 2. The topological polar surface area (TPSA) is 83.7 Å². The van der Waals surface area contributed by atoms with Crippen molar-refractivity contribution in [3.8, 4) is 11.5 Å². The number of hydrogen-bond donors (Lipinski definition) is 2. The van der Waals surface area contributed by atoms with Crippen LogP contribution in [-0.4, -0.2) is 48.0 Å². The van der Waals surface area contributed by atoms with Crippen LogP contribution in [0.25, 0.3) is 10.9 Å². The molecule has 1 heterocycles. The van der Waals surface area contributed by atoms with E-state index in [2.05, 4.69) is 10.3 Å². The normalized spacial score (nSPS) is 17.5. The standard InChI is InChI=1S/C32H41N3O4/c1-38-25-17-18-27(29(20-25)39-2)31(32(37)34-23-11-5-3-6-12-23)35(24-13-7-4-8-14-24)30(36)19-22-21-33-28-16-10-9-15-26(22)28/h9-10,15-18,20-21,23-24,31,33H,3-8,11-14,19H2,1-2H3,(H,34,37)/t31-/m0/s1. The third kappa shape index (κ3) is 6.07. The molecular weight excluding hydrogens is 490 g/mol. The average Bonchev–Trinajstić information content (AvgIpc) is 3.39. The first-order valence-corrected chi connectivity index (χ1v) is 14.5. The molecule has 39 heavy (non-hydrogen) atoms. The second kappa shape index (κ2) is 12.6. The number of nitrogens with one attached hydrogen (secondary N) is 2. The first kappa shape index (κ1) is 27.1. The number of hydrogen-bond acceptors (Lipinski definition) is 4. The first-order valence-electron chi connectivity index (χ1n) is 14.5. The lowest BCUT2D eigenvalue weighted by Gasteiger charge is -2.40. The Hall–Kier alpha value is -3.48. The Bertz CT molecular complexity index is 1270. The maximum atomic E-state index is 14.4. The number of aromatic amines is 1. The van der Waals surface area contributed by atoms with Gasteiger partial charge < -0.3 is 24.7 Å². The molecule has 208 valence electrons. The molecule has 5 rings (SSSR count). The molecule has 7 heteroatoms. The van der Waals surface area contributed by atoms with E-state index in [1.165, 1.54) is 6.42 Å². The van der Waals surface area contributed by atoms with Gasteiger partial charge in [0.15, 0.2) is 0 Å². The molecule has 3 aromatic rings. The summed E-state index contributed by atoms with van der Waals surface area (Å²) in [7, 11) is 3.22. The van der Waals surface area contributed by atoms with Gasteiger partial charge in [0.05, 0.1) is 20.6 Å². The van der Waals surface area contributed by atoms with E-state index >= 15 is 0 Å². The second-order valence-electron chi connectivity index (χ2n) is 11.0. The molecule has 1 aromatic heterocycles. The number of ether oxygens (including phenoxy) is 2. The number of benzene rings is 2. The van der Waals surface area contributed by atoms with Crippen molar-refractivity contribution in [1.82, 2.24) is 15.2 Å². The van der Waals surface area contributed by atoms with Gasteiger partial charge in [0.1, 0.15) is 17.5 Å². The van der Waals surface area contributed by atoms with Gasteiger partial charge in [-0.2, -0.15) is 0 Å². The molecule has 0 unspecified atom stereocenters. The van der Waals surface area contributed by atoms with E-state index in [4.69, 9.17) is 9.47 Å². The maximum absolute atomic E-state index is 14.4. The Morgan fingerprint density at radius 1 is 0.949 bits per heavy atom. The number of fused-ring (bicyclic) bond motifs is 1. The summed E-state index contributed by atoms with van der Waals surface area (Å²) in [6.45, 7) is 0. The van der Waals surface area contributed by atoms with Gasteiger partial charge in [0.25, 0.3) is 0 Å². The summed E-state index contributed by atoms with van der Waals surface area (Å²) in [5, 5.41) is 4.38. The highest BCUT2D eigenvalue weighted by atomic mass is 16.5. The van der Waals surface area contributed by atoms with E-state index in [0.29, 0.717) is 17.1 Å². The smallest absolute Gasteiger partial charge is 0.247 e. The van der Waals surface area contributed by atoms with Crippen molar-refractivity contribution in [2.45, 2.75) is 88.8 Å². The predicted molar refractivity (Wildman–Crippen MR) is 153 cm³/mol. The van der Waals surface area contributed by atoms with Crippen LogP contribution in [0.2, 0.25) is 0 Å². The van der Waals surface area contributed by atoms with Crippen molar-refractivity contribution in [2.24, 2.45) is 0 Å². The lowest BCUT2D eigenvalue weighted by molar-refractivity contribution is -0.144. The predicted octanol–water partition coefficient (Wildman–Crippen LogP) is 6.08. The Balaban J connectivity index is 1.55. The van der Waals surface area contributed by atoms with Crippen molar-refractivity contribution >= 4 is 22.7 Å². The molecule has 0 radical (unpaired) electrons. The summed E-state index contributed by atoms with van der Waals surface area (Å²) >= 11 is 0. The van der Waals surface area contributed by atoms with Crippen LogP contribution in [0.15, 0.2) is 48.7 Å². The fraction of sp³-hybridized carbons (Fsp3) is 0.500. The van der Waals surface area contributed by atoms with Gasteiger partial charge in [-0.05, 0) is 49.4 Å². The molecule has 0 saturated heterocycles. The molecular formula is C32H41N3O4. The van der Waals surface area contributed by atoms with Crippen LogP contribution in [0.3, 0.4) is 0 Å². The Morgan fingerprint density at radius 2 is 1.67 bits per heavy atom. The van der Waals surface area contributed by atoms with Crippen molar-refractivity contribution in [3.63, 3.8) is 0 Å². The summed E-state index contributed by atoms with van der Waals surface area (Å²) in [5.74, 6) is 1.05. The summed E-state index contributed by atoms with van der Waals surface area (Å²) in [6, 6.07) is 12.9. The van der Waals surface area contributed by atoms with Gasteiger partial charge in [-0.1, -0.05) is 56.7 Å². The third-order valence-corrected chi connectivity index (χ3v) is 8.49. The lowest BCUT2D eigenvalue weighted by Crippen LogP contribution is -2.51. The summed E-state index contributed by atoms with van der Waals surface area (Å²) in [4.78, 5) is 33.8. The lowest BCUT2D eigenvalue weighted by atomic mass is 9.90. The number of rotatable bonds is 9. The molecule has 2 N–H and O–H groups in total. The average molecular weight is 532 g/mol. The number of nitrogens with zero attached hydrogens (tertiary/aromatic N) is 1. The summed E-state index contributed by atoms with van der Waals surface area (Å²) in [5.41, 5.74) is 2.65. The number of para-hydroxylation sites is 1. The zero-order chi connectivity index (χ0) is 27.2. The van der Waals surface area contributed by atoms with Crippen LogP contribution in [0, 0.1) is 0 Å². The maximum Gasteiger partial charge on any atom is 0.247 e. The number of H-pyrrole nitrogens is 1. The highest BCUT2D eigenvalue weighted by Gasteiger charge is 2.39. The Labute approximate surface area is 231 Å². The molecule has 2 aliphatic rings. The van der Waals surface area contributed by atoms with Gasteiger partial charge >= 0.3 is 0 Å². The molecule has 2 fully saturated rings. The first-order chi connectivity index (χ1) is 19.1. The Morgan fingerprint density at radius 3 is 2.38 bits per heavy atom. The van der Waals surface area contributed by atoms with Crippen LogP contribution < -0.4 is 14.8 Å². The number of methoxy groups -OCH3 is 2. The SMILES string of the molecule is COc1ccc([C@@H](C(=O)NC2CCCCC2)N(C(=O)Cc2c[nH]c3ccccc23)C2CCCCC2)c(OC)c1. The largest absolute Gasteiger partial charge is 0.497 e. The second-order valence-corrected chi connectivity index (χ2v) is 11.0. The minimum atomic E-state index is -0.784. The van der Waals surface area contributed by atoms with Crippen LogP contribution in [0.1, 0.15) is 81.4 Å². The van der Waals surface area contributed by atoms with E-state index in [1.54, 1.807) is 20.3 Å². The Kier molecular flexibility index (Phi) is 8.74. The van der Waals surface area contributed by atoms with E-state index in [1.807, 2.05) is 47.5 Å². The molecule has 0 spiro atoms. The highest BCUT2D eigenvalue weighted by Crippen LogP contribution is 2.38. The molecule has 0 bridgehead atoms. The number of carbonyl (C=O) groups is 2. The fourth-order valence-electron chi connectivity index (χ4n) is 6.44. The van der Waals surface area contributed by atoms with E-state index < -0.39 is 6.04 Å². The minimum absolute atomic E-state index is 0.00892. The van der Waals surface area contributed by atoms with Crippen molar-refractivity contribution in [1.29, 1.82) is 0 Å². The van der Waals surface area contributed by atoms with Crippen molar-refractivity contribution in [2.75, 3.05) is 14.2 Å². The molecule has 2 aromatic carbocycles. The summed E-state index contributed by atoms with van der Waals surface area (Å²) in [6.07, 6.45) is 12.6. The quantitative estimate of drug-likeness (QED) is 0.351. The van der Waals surface area contributed by atoms with Crippen LogP contribution in [0.5, 0.6) is 11.5 Å². The minimum Gasteiger partial charge on any atom is -0.497 e. The summed E-state index contributed by atoms with van der Waals surface area (Å²) < 4.78 is 11.2. The van der Waals surface area contributed by atoms with Gasteiger partial charge in [-0.3, -0.25) is 9.59 Å². The van der Waals surface area contributed by atoms with Crippen molar-refractivity contribution < 1.29 is 19.1 Å². The fourth-order valence-corrected chi connectivity index (χ4v) is 6.44. The highest BCUT2D eigenvalue weighted by molar-refractivity contribution is 5.93. The van der Waals surface area contributed by atoms with Gasteiger partial charge in [0.2, 0.25) is 11.8 Å². The molecule has 1 atom stereocenters. The number of aromatic nitrogens is 1. The third-order valence-electron chi connectivity index (χ3n) is 8.49. The molecule has 2 aliphatic carbocycles. The molecule has 2 amide bonds. The van der Waals surface area contributed by atoms with Gasteiger partial charge in [-0.15, -0.1) is 0 Å². The molecule has 2 saturated carbocycles. The zero-order valence-electron chi connectivity index (χ0n) is 23.2. The van der Waals surface area contributed by atoms with Gasteiger partial charge in [0, 0.05) is 40.8 Å². The van der Waals surface area contributed by atoms with Crippen LogP contribution in [-0.2, 0) is 16.0 Å². The molecule has 7 nitrogen and oxygen atoms in total. The van der Waals surface area contributed by atoms with Crippen molar-refractivity contribution in [3.05, 3.63) is 59.8 Å². The number of carbonyl (C=O) groups excluding carboxylic acids is 2. The van der Waals surface area contributed by atoms with E-state index in [9.17, 15) is 9.59 Å². The van der Waals surface area contributed by atoms with E-state index in [-0.39, 0.29) is 30.3 Å². The molecule has 0 aliphatic heterocycles. The van der Waals surface area contributed by atoms with Crippen LogP contribution >= 0.6 is 0 Å². The van der Waals surface area contributed by atoms with Gasteiger partial charge in [-0.25, -0.2) is 0 Å². The zero-order valence-corrected chi connectivity index (χ0v) is 23.2. The van der Waals surface area contributed by atoms with E-state index in [0.717, 1.165) is 74.3 Å².